The van der Waals surface area contributed by atoms with E-state index in [1.165, 1.54) is 142 Å². The third-order valence-electron chi connectivity index (χ3n) is 19.9. The molecule has 15 rings (SSSR count). The Hall–Kier alpha value is -5.34. The normalized spacial score (nSPS) is 25.0. The topological polar surface area (TPSA) is 6.48 Å². The van der Waals surface area contributed by atoms with Gasteiger partial charge in [0.25, 0.3) is 0 Å². The van der Waals surface area contributed by atoms with Gasteiger partial charge in [0.05, 0.1) is 11.4 Å². The van der Waals surface area contributed by atoms with Gasteiger partial charge in [0.1, 0.15) is 0 Å². The second-order valence-electron chi connectivity index (χ2n) is 29.2. The van der Waals surface area contributed by atoms with Crippen molar-refractivity contribution >= 4 is 55.7 Å². The molecule has 0 unspecified atom stereocenters. The summed E-state index contributed by atoms with van der Waals surface area (Å²) in [5.41, 5.74) is 19.9. The molecule has 74 heavy (non-hydrogen) atoms. The Balaban J connectivity index is 1.19. The summed E-state index contributed by atoms with van der Waals surface area (Å²) >= 11 is 0. The minimum absolute atomic E-state index is 0.0462. The van der Waals surface area contributed by atoms with Crippen molar-refractivity contribution in [1.82, 2.24) is 0 Å². The highest BCUT2D eigenvalue weighted by Crippen LogP contribution is 2.62. The Labute approximate surface area is 445 Å². The van der Waals surface area contributed by atoms with E-state index in [1.807, 2.05) is 0 Å². The monoisotopic (exact) mass is 977 g/mol. The van der Waals surface area contributed by atoms with Crippen LogP contribution in [0.2, 0.25) is 0 Å². The zero-order valence-corrected chi connectivity index (χ0v) is 47.1. The summed E-state index contributed by atoms with van der Waals surface area (Å²) < 4.78 is 0. The molecule has 0 atom stereocenters. The van der Waals surface area contributed by atoms with Crippen LogP contribution in [0, 0.1) is 23.7 Å². The maximum atomic E-state index is 2.81. The maximum absolute atomic E-state index is 2.81. The van der Waals surface area contributed by atoms with E-state index in [2.05, 4.69) is 214 Å². The molecule has 0 aromatic heterocycles. The Morgan fingerprint density at radius 2 is 0.459 bits per heavy atom. The summed E-state index contributed by atoms with van der Waals surface area (Å²) in [6.07, 6.45) is 13.6. The maximum Gasteiger partial charge on any atom is 0.0620 e. The number of nitrogens with zero attached hydrogens (tertiary/aromatic N) is 2. The van der Waals surface area contributed by atoms with Gasteiger partial charge in [-0.3, -0.25) is 0 Å². The van der Waals surface area contributed by atoms with E-state index in [4.69, 9.17) is 0 Å². The minimum atomic E-state index is 0.0462. The molecule has 2 heteroatoms. The van der Waals surface area contributed by atoms with E-state index in [9.17, 15) is 0 Å². The lowest BCUT2D eigenvalue weighted by atomic mass is 9.67. The first kappa shape index (κ1) is 48.3. The third kappa shape index (κ3) is 8.25. The number of fused-ring (bicyclic) bond motifs is 2. The molecule has 0 spiro atoms. The molecule has 7 aromatic carbocycles. The summed E-state index contributed by atoms with van der Waals surface area (Å²) in [5.74, 6) is 5.83. The summed E-state index contributed by atoms with van der Waals surface area (Å²) in [4.78, 5) is 5.43. The van der Waals surface area contributed by atoms with E-state index in [-0.39, 0.29) is 21.7 Å². The molecule has 8 aliphatic carbocycles. The van der Waals surface area contributed by atoms with Crippen molar-refractivity contribution in [2.75, 3.05) is 9.80 Å². The predicted molar refractivity (Wildman–Crippen MR) is 317 cm³/mol. The van der Waals surface area contributed by atoms with Crippen molar-refractivity contribution in [2.24, 2.45) is 23.7 Å². The molecule has 0 aliphatic heterocycles. The van der Waals surface area contributed by atoms with Crippen LogP contribution in [-0.4, -0.2) is 0 Å². The molecular formula is C72H84N2. The first-order valence-corrected chi connectivity index (χ1v) is 29.3. The molecule has 4 saturated carbocycles. The zero-order valence-electron chi connectivity index (χ0n) is 47.1. The highest BCUT2D eigenvalue weighted by atomic mass is 15.2. The van der Waals surface area contributed by atoms with Crippen LogP contribution in [0.1, 0.15) is 215 Å². The molecule has 8 aliphatic rings. The number of hydrogen-bond acceptors (Lipinski definition) is 2. The molecule has 0 saturated heterocycles. The van der Waals surface area contributed by atoms with Gasteiger partial charge in [-0.2, -0.15) is 0 Å². The Bertz CT molecular complexity index is 2830. The summed E-state index contributed by atoms with van der Waals surface area (Å²) in [6.45, 7) is 28.2. The first-order chi connectivity index (χ1) is 35.1. The van der Waals surface area contributed by atoms with Gasteiger partial charge in [-0.05, 0) is 251 Å². The zero-order chi connectivity index (χ0) is 51.4. The highest BCUT2D eigenvalue weighted by molar-refractivity contribution is 6.24. The average molecular weight is 977 g/mol. The van der Waals surface area contributed by atoms with Crippen molar-refractivity contribution in [2.45, 2.75) is 193 Å². The average Bonchev–Trinajstić information content (AvgIpc) is 3.62. The quantitative estimate of drug-likeness (QED) is 0.121. The summed E-state index contributed by atoms with van der Waals surface area (Å²) in [5, 5.41) is 5.59. The van der Waals surface area contributed by atoms with Crippen LogP contribution < -0.4 is 9.80 Å². The van der Waals surface area contributed by atoms with Gasteiger partial charge >= 0.3 is 0 Å². The Morgan fingerprint density at radius 1 is 0.270 bits per heavy atom. The van der Waals surface area contributed by atoms with E-state index >= 15 is 0 Å². The fraction of sp³-hybridized carbons (Fsp3) is 0.472. The van der Waals surface area contributed by atoms with Crippen molar-refractivity contribution in [1.29, 1.82) is 0 Å². The summed E-state index contributed by atoms with van der Waals surface area (Å²) in [6, 6.07) is 50.1. The van der Waals surface area contributed by atoms with Crippen molar-refractivity contribution in [3.05, 3.63) is 166 Å². The van der Waals surface area contributed by atoms with Crippen LogP contribution in [0.3, 0.4) is 0 Å². The van der Waals surface area contributed by atoms with Gasteiger partial charge < -0.3 is 9.80 Å². The first-order valence-electron chi connectivity index (χ1n) is 29.3. The van der Waals surface area contributed by atoms with Crippen LogP contribution in [0.15, 0.2) is 121 Å². The van der Waals surface area contributed by atoms with Gasteiger partial charge in [-0.1, -0.05) is 132 Å². The van der Waals surface area contributed by atoms with Gasteiger partial charge in [0, 0.05) is 44.3 Å². The van der Waals surface area contributed by atoms with Crippen LogP contribution in [-0.2, 0) is 21.7 Å². The number of hydrogen-bond donors (Lipinski definition) is 0. The predicted octanol–water partition coefficient (Wildman–Crippen LogP) is 20.9. The van der Waals surface area contributed by atoms with Gasteiger partial charge in [0.15, 0.2) is 0 Å². The van der Waals surface area contributed by atoms with Crippen molar-refractivity contribution in [3.63, 3.8) is 0 Å². The second-order valence-corrected chi connectivity index (χ2v) is 29.2. The molecule has 4 fully saturated rings. The van der Waals surface area contributed by atoms with E-state index in [1.54, 1.807) is 22.3 Å². The van der Waals surface area contributed by atoms with Crippen LogP contribution in [0.4, 0.5) is 34.1 Å². The SMILES string of the molecule is CC(C)(C)c1ccc(N(c2ccc(C(C)(C)C)cc2)c2c3cc4c(cc3c(N(c3ccc(C(C)(C)C)cc3)c3ccc(C(C)(C)C)cc3)c3cc5c(cc23)C2CC3CC(C2)CC5C3)C2CC3CC(CC4C3)C2)cc1. The molecule has 0 amide bonds. The lowest BCUT2D eigenvalue weighted by molar-refractivity contribution is 0.165. The minimum Gasteiger partial charge on any atom is -0.309 e. The van der Waals surface area contributed by atoms with Crippen molar-refractivity contribution in [3.8, 4) is 0 Å². The highest BCUT2D eigenvalue weighted by Gasteiger charge is 2.45. The van der Waals surface area contributed by atoms with E-state index in [0.717, 1.165) is 23.7 Å². The fourth-order valence-corrected chi connectivity index (χ4v) is 16.2. The van der Waals surface area contributed by atoms with Gasteiger partial charge in [-0.25, -0.2) is 0 Å². The van der Waals surface area contributed by atoms with E-state index in [0.29, 0.717) is 23.7 Å². The number of benzene rings is 7. The molecule has 0 N–H and O–H groups in total. The Kier molecular flexibility index (Phi) is 11.2. The fourth-order valence-electron chi connectivity index (χ4n) is 16.2. The van der Waals surface area contributed by atoms with E-state index < -0.39 is 0 Å². The standard InChI is InChI=1S/C72H84N2/c1-69(2,3)51-13-21-55(22-14-51)73(56-23-15-52(16-24-56)70(4,5)6)67-63-39-59-47-31-43-29-44(32-47)36-49(35-43)61(59)41-65(63)68(66-42-62-50-37-45-30-46(38-50)34-48(33-45)60(62)40-64(66)67)74(57-25-17-53(18-26-57)71(7,8)9)58-27-19-54(20-28-58)72(10,11)12/h13-28,39-50H,29-38H2,1-12H3. The Morgan fingerprint density at radius 3 is 0.635 bits per heavy atom. The number of rotatable bonds is 6. The smallest absolute Gasteiger partial charge is 0.0620 e. The second kappa shape index (κ2) is 17.1. The van der Waals surface area contributed by atoms with Crippen LogP contribution in [0.25, 0.3) is 21.5 Å². The molecule has 0 radical (unpaired) electrons. The largest absolute Gasteiger partial charge is 0.309 e. The lowest BCUT2D eigenvalue weighted by Gasteiger charge is -2.38. The number of anilines is 6. The third-order valence-corrected chi connectivity index (χ3v) is 19.9. The lowest BCUT2D eigenvalue weighted by Crippen LogP contribution is -2.25. The van der Waals surface area contributed by atoms with Crippen molar-refractivity contribution < 1.29 is 0 Å². The van der Waals surface area contributed by atoms with Gasteiger partial charge in [0.2, 0.25) is 0 Å². The van der Waals surface area contributed by atoms with Crippen LogP contribution in [0.5, 0.6) is 0 Å². The molecular weight excluding hydrogens is 893 g/mol. The van der Waals surface area contributed by atoms with Crippen LogP contribution >= 0.6 is 0 Å². The molecule has 7 aromatic rings. The summed E-state index contributed by atoms with van der Waals surface area (Å²) in [7, 11) is 0. The molecule has 382 valence electrons. The van der Waals surface area contributed by atoms with Gasteiger partial charge in [-0.15, -0.1) is 0 Å². The molecule has 0 heterocycles. The molecule has 2 nitrogen and oxygen atoms in total. The molecule has 8 bridgehead atoms.